The molecule has 1 aromatic heterocycles. The second kappa shape index (κ2) is 6.51. The van der Waals surface area contributed by atoms with Crippen LogP contribution in [0.15, 0.2) is 4.52 Å². The van der Waals surface area contributed by atoms with Crippen LogP contribution in [0.3, 0.4) is 0 Å². The van der Waals surface area contributed by atoms with Crippen LogP contribution in [0, 0.1) is 5.92 Å². The molecule has 0 aliphatic heterocycles. The topological polar surface area (TPSA) is 51.0 Å². The van der Waals surface area contributed by atoms with Gasteiger partial charge >= 0.3 is 0 Å². The molecule has 0 bridgehead atoms. The van der Waals surface area contributed by atoms with E-state index in [4.69, 9.17) is 4.52 Å². The maximum atomic E-state index is 5.50. The highest BCUT2D eigenvalue weighted by molar-refractivity contribution is 5.03. The standard InChI is InChI=1S/C15H27N3O/c1-5-13(16-6-2)11(4)15-17-14(18-19-15)12-8-7-10(3)9-12/h10-13,16H,5-9H2,1-4H3. The molecule has 1 N–H and O–H groups in total. The highest BCUT2D eigenvalue weighted by Crippen LogP contribution is 2.37. The third-order valence-corrected chi connectivity index (χ3v) is 4.42. The third-order valence-electron chi connectivity index (χ3n) is 4.42. The summed E-state index contributed by atoms with van der Waals surface area (Å²) >= 11 is 0. The summed E-state index contributed by atoms with van der Waals surface area (Å²) in [6, 6.07) is 0.417. The van der Waals surface area contributed by atoms with E-state index in [1.165, 1.54) is 19.3 Å². The van der Waals surface area contributed by atoms with Crippen molar-refractivity contribution < 1.29 is 4.52 Å². The van der Waals surface area contributed by atoms with Crippen molar-refractivity contribution in [1.29, 1.82) is 0 Å². The van der Waals surface area contributed by atoms with E-state index in [1.807, 2.05) is 0 Å². The number of rotatable bonds is 6. The van der Waals surface area contributed by atoms with E-state index in [0.29, 0.717) is 12.0 Å². The lowest BCUT2D eigenvalue weighted by Gasteiger charge is -2.20. The van der Waals surface area contributed by atoms with Crippen LogP contribution in [0.25, 0.3) is 0 Å². The van der Waals surface area contributed by atoms with Crippen molar-refractivity contribution in [3.63, 3.8) is 0 Å². The first-order chi connectivity index (χ1) is 9.15. The summed E-state index contributed by atoms with van der Waals surface area (Å²) in [6.45, 7) is 9.78. The smallest absolute Gasteiger partial charge is 0.231 e. The van der Waals surface area contributed by atoms with E-state index >= 15 is 0 Å². The van der Waals surface area contributed by atoms with Crippen LogP contribution in [0.1, 0.15) is 76.9 Å². The molecule has 1 aliphatic carbocycles. The quantitative estimate of drug-likeness (QED) is 0.855. The Bertz CT molecular complexity index is 390. The Hall–Kier alpha value is -0.900. The van der Waals surface area contributed by atoms with Gasteiger partial charge < -0.3 is 9.84 Å². The predicted molar refractivity (Wildman–Crippen MR) is 76.2 cm³/mol. The average Bonchev–Trinajstić information content (AvgIpc) is 3.03. The van der Waals surface area contributed by atoms with Crippen molar-refractivity contribution >= 4 is 0 Å². The maximum absolute atomic E-state index is 5.50. The Labute approximate surface area is 116 Å². The van der Waals surface area contributed by atoms with Gasteiger partial charge in [0.1, 0.15) is 0 Å². The summed E-state index contributed by atoms with van der Waals surface area (Å²) in [4.78, 5) is 4.66. The second-order valence-electron chi connectivity index (χ2n) is 5.97. The van der Waals surface area contributed by atoms with Gasteiger partial charge in [0.2, 0.25) is 5.89 Å². The molecule has 0 amide bonds. The van der Waals surface area contributed by atoms with Crippen LogP contribution in [-0.2, 0) is 0 Å². The third kappa shape index (κ3) is 3.35. The Morgan fingerprint density at radius 3 is 2.74 bits per heavy atom. The Morgan fingerprint density at radius 2 is 2.16 bits per heavy atom. The van der Waals surface area contributed by atoms with Crippen molar-refractivity contribution in [2.24, 2.45) is 5.92 Å². The van der Waals surface area contributed by atoms with E-state index in [0.717, 1.165) is 30.6 Å². The molecule has 4 atom stereocenters. The lowest BCUT2D eigenvalue weighted by Crippen LogP contribution is -2.33. The molecule has 1 aliphatic rings. The molecule has 4 nitrogen and oxygen atoms in total. The molecule has 0 radical (unpaired) electrons. The summed E-state index contributed by atoms with van der Waals surface area (Å²) in [5, 5.41) is 7.71. The molecule has 108 valence electrons. The summed E-state index contributed by atoms with van der Waals surface area (Å²) in [5.74, 6) is 3.32. The van der Waals surface area contributed by atoms with E-state index in [9.17, 15) is 0 Å². The van der Waals surface area contributed by atoms with Gasteiger partial charge in [-0.15, -0.1) is 0 Å². The van der Waals surface area contributed by atoms with Crippen LogP contribution in [-0.4, -0.2) is 22.7 Å². The van der Waals surface area contributed by atoms with Crippen LogP contribution in [0.4, 0.5) is 0 Å². The minimum Gasteiger partial charge on any atom is -0.339 e. The van der Waals surface area contributed by atoms with Gasteiger partial charge in [-0.2, -0.15) is 4.98 Å². The zero-order valence-corrected chi connectivity index (χ0v) is 12.6. The minimum atomic E-state index is 0.282. The van der Waals surface area contributed by atoms with Crippen molar-refractivity contribution in [3.05, 3.63) is 11.7 Å². The van der Waals surface area contributed by atoms with E-state index in [2.05, 4.69) is 43.2 Å². The van der Waals surface area contributed by atoms with E-state index in [-0.39, 0.29) is 5.92 Å². The molecule has 1 saturated carbocycles. The van der Waals surface area contributed by atoms with Crippen molar-refractivity contribution in [1.82, 2.24) is 15.5 Å². The first-order valence-electron chi connectivity index (χ1n) is 7.72. The largest absolute Gasteiger partial charge is 0.339 e. The summed E-state index contributed by atoms with van der Waals surface area (Å²) in [7, 11) is 0. The first-order valence-corrected chi connectivity index (χ1v) is 7.72. The van der Waals surface area contributed by atoms with Gasteiger partial charge in [0, 0.05) is 12.0 Å². The maximum Gasteiger partial charge on any atom is 0.231 e. The van der Waals surface area contributed by atoms with Gasteiger partial charge in [0.25, 0.3) is 0 Å². The SMILES string of the molecule is CCNC(CC)C(C)c1nc(C2CCC(C)C2)no1. The molecule has 1 fully saturated rings. The van der Waals surface area contributed by atoms with Crippen LogP contribution in [0.2, 0.25) is 0 Å². The van der Waals surface area contributed by atoms with Gasteiger partial charge in [-0.1, -0.05) is 32.9 Å². The average molecular weight is 265 g/mol. The van der Waals surface area contributed by atoms with E-state index in [1.54, 1.807) is 0 Å². The Morgan fingerprint density at radius 1 is 1.37 bits per heavy atom. The number of hydrogen-bond acceptors (Lipinski definition) is 4. The summed E-state index contributed by atoms with van der Waals surface area (Å²) in [5.41, 5.74) is 0. The lowest BCUT2D eigenvalue weighted by molar-refractivity contribution is 0.318. The first kappa shape index (κ1) is 14.5. The van der Waals surface area contributed by atoms with Gasteiger partial charge in [-0.3, -0.25) is 0 Å². The Balaban J connectivity index is 2.03. The molecule has 4 heteroatoms. The fourth-order valence-corrected chi connectivity index (χ4v) is 3.15. The molecular weight excluding hydrogens is 238 g/mol. The molecule has 19 heavy (non-hydrogen) atoms. The molecular formula is C15H27N3O. The number of likely N-dealkylation sites (N-methyl/N-ethyl adjacent to an activating group) is 1. The molecule has 2 rings (SSSR count). The van der Waals surface area contributed by atoms with Crippen molar-refractivity contribution in [2.45, 2.75) is 71.3 Å². The number of aromatic nitrogens is 2. The lowest BCUT2D eigenvalue weighted by atomic mass is 9.99. The van der Waals surface area contributed by atoms with Crippen LogP contribution >= 0.6 is 0 Å². The van der Waals surface area contributed by atoms with Gasteiger partial charge in [0.05, 0.1) is 5.92 Å². The van der Waals surface area contributed by atoms with Crippen molar-refractivity contribution in [3.8, 4) is 0 Å². The summed E-state index contributed by atoms with van der Waals surface area (Å²) < 4.78 is 5.50. The second-order valence-corrected chi connectivity index (χ2v) is 5.97. The van der Waals surface area contributed by atoms with Gasteiger partial charge in [0.15, 0.2) is 5.82 Å². The van der Waals surface area contributed by atoms with Crippen molar-refractivity contribution in [2.75, 3.05) is 6.54 Å². The van der Waals surface area contributed by atoms with Gasteiger partial charge in [-0.25, -0.2) is 0 Å². The highest BCUT2D eigenvalue weighted by atomic mass is 16.5. The number of nitrogens with zero attached hydrogens (tertiary/aromatic N) is 2. The van der Waals surface area contributed by atoms with Crippen LogP contribution < -0.4 is 5.32 Å². The minimum absolute atomic E-state index is 0.282. The molecule has 0 spiro atoms. The zero-order valence-electron chi connectivity index (χ0n) is 12.6. The molecule has 0 aromatic carbocycles. The fourth-order valence-electron chi connectivity index (χ4n) is 3.15. The Kier molecular flexibility index (Phi) is 4.97. The zero-order chi connectivity index (χ0) is 13.8. The number of hydrogen-bond donors (Lipinski definition) is 1. The molecule has 0 saturated heterocycles. The molecule has 1 aromatic rings. The molecule has 4 unspecified atom stereocenters. The summed E-state index contributed by atoms with van der Waals surface area (Å²) in [6.07, 6.45) is 4.78. The number of nitrogens with one attached hydrogen (secondary N) is 1. The fraction of sp³-hybridized carbons (Fsp3) is 0.867. The molecule has 1 heterocycles. The predicted octanol–water partition coefficient (Wildman–Crippen LogP) is 3.46. The van der Waals surface area contributed by atoms with Gasteiger partial charge in [-0.05, 0) is 38.1 Å². The van der Waals surface area contributed by atoms with Crippen LogP contribution in [0.5, 0.6) is 0 Å². The highest BCUT2D eigenvalue weighted by Gasteiger charge is 2.29. The normalized spacial score (nSPS) is 26.5. The monoisotopic (exact) mass is 265 g/mol. The van der Waals surface area contributed by atoms with E-state index < -0.39 is 0 Å².